The highest BCUT2D eigenvalue weighted by molar-refractivity contribution is 9.10. The zero-order valence-electron chi connectivity index (χ0n) is 21.4. The van der Waals surface area contributed by atoms with E-state index < -0.39 is 17.1 Å². The number of aromatic amines is 1. The third-order valence-electron chi connectivity index (χ3n) is 6.88. The van der Waals surface area contributed by atoms with Gasteiger partial charge in [0.25, 0.3) is 5.91 Å². The number of carbonyl (C=O) groups excluding carboxylic acids is 3. The topological polar surface area (TPSA) is 109 Å². The molecule has 2 N–H and O–H groups in total. The summed E-state index contributed by atoms with van der Waals surface area (Å²) < 4.78 is 7.58. The Morgan fingerprint density at radius 3 is 2.51 bits per heavy atom. The second-order valence-corrected chi connectivity index (χ2v) is 13.6. The van der Waals surface area contributed by atoms with Crippen molar-refractivity contribution in [1.29, 1.82) is 0 Å². The van der Waals surface area contributed by atoms with E-state index in [0.717, 1.165) is 25.8 Å². The molecule has 8 nitrogen and oxygen atoms in total. The number of thiazole rings is 1. The number of imide groups is 1. The molecule has 4 aromatic rings. The number of hydrogen-bond donors (Lipinski definition) is 2. The molecule has 1 saturated heterocycles. The van der Waals surface area contributed by atoms with E-state index >= 15 is 0 Å². The number of H-pyrrole nitrogens is 1. The van der Waals surface area contributed by atoms with Gasteiger partial charge in [-0.3, -0.25) is 19.2 Å². The van der Waals surface area contributed by atoms with Crippen molar-refractivity contribution < 1.29 is 19.1 Å². The first-order valence-corrected chi connectivity index (χ1v) is 15.8. The lowest BCUT2D eigenvalue weighted by Crippen LogP contribution is -2.32. The van der Waals surface area contributed by atoms with Crippen LogP contribution >= 0.6 is 55.0 Å². The highest BCUT2D eigenvalue weighted by Gasteiger charge is 2.56. The van der Waals surface area contributed by atoms with Crippen molar-refractivity contribution in [3.63, 3.8) is 0 Å². The third-order valence-corrected chi connectivity index (χ3v) is 10.3. The first kappa shape index (κ1) is 28.0. The summed E-state index contributed by atoms with van der Waals surface area (Å²) in [7, 11) is 0. The fraction of sp³-hybridized carbons (Fsp3) is 0.172. The fourth-order valence-corrected chi connectivity index (χ4v) is 8.30. The molecule has 1 fully saturated rings. The van der Waals surface area contributed by atoms with Crippen LogP contribution in [0.2, 0.25) is 0 Å². The van der Waals surface area contributed by atoms with Crippen molar-refractivity contribution in [1.82, 2.24) is 4.98 Å². The lowest BCUT2D eigenvalue weighted by atomic mass is 9.82. The minimum absolute atomic E-state index is 0.271. The Morgan fingerprint density at radius 1 is 1.00 bits per heavy atom. The normalized spacial score (nSPS) is 19.6. The number of nitrogens with zero attached hydrogens (tertiary/aromatic N) is 1. The average Bonchev–Trinajstić information content (AvgIpc) is 3.42. The molecule has 12 heteroatoms. The molecule has 0 radical (unpaired) electrons. The molecule has 0 saturated carbocycles. The Bertz CT molecular complexity index is 1750. The van der Waals surface area contributed by atoms with E-state index in [4.69, 9.17) is 4.74 Å². The zero-order chi connectivity index (χ0) is 28.8. The van der Waals surface area contributed by atoms with Crippen LogP contribution in [-0.4, -0.2) is 34.6 Å². The maximum Gasteiger partial charge on any atom is 0.305 e. The molecule has 1 aromatic heterocycles. The molecule has 6 rings (SSSR count). The molecule has 3 heterocycles. The third kappa shape index (κ3) is 5.41. The number of amides is 3. The van der Waals surface area contributed by atoms with Gasteiger partial charge in [-0.05, 0) is 67.1 Å². The number of rotatable bonds is 6. The summed E-state index contributed by atoms with van der Waals surface area (Å²) >= 11 is 9.14. The van der Waals surface area contributed by atoms with Gasteiger partial charge in [-0.1, -0.05) is 67.1 Å². The highest BCUT2D eigenvalue weighted by atomic mass is 79.9. The van der Waals surface area contributed by atoms with E-state index in [1.807, 2.05) is 31.2 Å². The van der Waals surface area contributed by atoms with Gasteiger partial charge in [0.05, 0.1) is 16.6 Å². The van der Waals surface area contributed by atoms with E-state index in [1.54, 1.807) is 42.5 Å². The quantitative estimate of drug-likeness (QED) is 0.235. The van der Waals surface area contributed by atoms with Crippen molar-refractivity contribution in [3.05, 3.63) is 101 Å². The first-order chi connectivity index (χ1) is 19.7. The predicted octanol–water partition coefficient (Wildman–Crippen LogP) is 6.08. The van der Waals surface area contributed by atoms with Crippen LogP contribution in [0.25, 0.3) is 0 Å². The number of anilines is 2. The van der Waals surface area contributed by atoms with E-state index in [9.17, 15) is 19.2 Å². The zero-order valence-corrected chi connectivity index (χ0v) is 26.2. The summed E-state index contributed by atoms with van der Waals surface area (Å²) in [4.78, 5) is 57.4. The van der Waals surface area contributed by atoms with Gasteiger partial charge in [-0.2, -0.15) is 0 Å². The summed E-state index contributed by atoms with van der Waals surface area (Å²) in [6, 6.07) is 19.8. The van der Waals surface area contributed by atoms with Crippen molar-refractivity contribution >= 4 is 84.1 Å². The van der Waals surface area contributed by atoms with Gasteiger partial charge in [0.2, 0.25) is 11.8 Å². The maximum atomic E-state index is 14.0. The van der Waals surface area contributed by atoms with Gasteiger partial charge in [0.1, 0.15) is 11.0 Å². The number of nitrogens with one attached hydrogen (secondary N) is 2. The molecule has 0 spiro atoms. The number of aromatic nitrogens is 1. The number of ether oxygens (including phenoxy) is 1. The summed E-state index contributed by atoms with van der Waals surface area (Å²) in [6.45, 7) is 1.67. The lowest BCUT2D eigenvalue weighted by Gasteiger charge is -2.31. The smallest absolute Gasteiger partial charge is 0.305 e. The summed E-state index contributed by atoms with van der Waals surface area (Å²) in [6.07, 6.45) is 0. The standard InChI is InChI=1S/C29H21Br2N3O5S2/c1-14-3-2-4-17(11-14)32-21(35)13-39-20-10-7-16(31)12-19(20)22-23-25(40-26-24(22)41-29(38)33-26)28(37)34(27(23)36)18-8-5-15(30)6-9-18/h2-12,22-23,25H,13H2,1H3,(H,32,35)(H,33,38)/t22-,23?,25?/m1/s1. The van der Waals surface area contributed by atoms with Crippen molar-refractivity contribution in [2.45, 2.75) is 23.1 Å². The van der Waals surface area contributed by atoms with E-state index in [1.165, 1.54) is 16.7 Å². The van der Waals surface area contributed by atoms with Gasteiger partial charge in [-0.15, -0.1) is 0 Å². The molecule has 3 atom stereocenters. The summed E-state index contributed by atoms with van der Waals surface area (Å²) in [5.41, 5.74) is 2.75. The Hall–Kier alpha value is -3.19. The SMILES string of the molecule is Cc1cccc(NC(=O)COc2ccc(Br)cc2[C@H]2c3sc(=O)[nH]c3SC3C(=O)N(c4ccc(Br)cc4)C(=O)C32)c1. The molecule has 41 heavy (non-hydrogen) atoms. The van der Waals surface area contributed by atoms with Crippen LogP contribution in [0.5, 0.6) is 5.75 Å². The largest absolute Gasteiger partial charge is 0.483 e. The minimum atomic E-state index is -0.784. The molecular weight excluding hydrogens is 694 g/mol. The van der Waals surface area contributed by atoms with Crippen LogP contribution in [0.1, 0.15) is 21.9 Å². The minimum Gasteiger partial charge on any atom is -0.483 e. The molecule has 0 bridgehead atoms. The lowest BCUT2D eigenvalue weighted by molar-refractivity contribution is -0.122. The van der Waals surface area contributed by atoms with Crippen LogP contribution in [0.3, 0.4) is 0 Å². The molecule has 2 aliphatic heterocycles. The van der Waals surface area contributed by atoms with Crippen molar-refractivity contribution in [2.75, 3.05) is 16.8 Å². The second-order valence-electron chi connectivity index (χ2n) is 9.63. The van der Waals surface area contributed by atoms with E-state index in [0.29, 0.717) is 32.6 Å². The van der Waals surface area contributed by atoms with Crippen LogP contribution < -0.4 is 19.8 Å². The van der Waals surface area contributed by atoms with E-state index in [2.05, 4.69) is 42.2 Å². The molecule has 3 amide bonds. The van der Waals surface area contributed by atoms with Gasteiger partial charge in [-0.25, -0.2) is 4.90 Å². The summed E-state index contributed by atoms with van der Waals surface area (Å²) in [5, 5.41) is 2.65. The molecule has 2 unspecified atom stereocenters. The number of benzene rings is 3. The van der Waals surface area contributed by atoms with Gasteiger partial charge in [0.15, 0.2) is 6.61 Å². The Labute approximate surface area is 259 Å². The van der Waals surface area contributed by atoms with Gasteiger partial charge in [0, 0.05) is 31.0 Å². The number of aryl methyl sites for hydroxylation is 1. The maximum absolute atomic E-state index is 14.0. The Morgan fingerprint density at radius 2 is 1.76 bits per heavy atom. The number of carbonyl (C=O) groups is 3. The monoisotopic (exact) mass is 713 g/mol. The first-order valence-electron chi connectivity index (χ1n) is 12.5. The van der Waals surface area contributed by atoms with Gasteiger partial charge >= 0.3 is 4.87 Å². The van der Waals surface area contributed by atoms with Gasteiger partial charge < -0.3 is 15.0 Å². The Balaban J connectivity index is 1.36. The number of thioether (sulfide) groups is 1. The Kier molecular flexibility index (Phi) is 7.66. The molecule has 0 aliphatic carbocycles. The predicted molar refractivity (Wildman–Crippen MR) is 166 cm³/mol. The van der Waals surface area contributed by atoms with Crippen molar-refractivity contribution in [2.24, 2.45) is 5.92 Å². The van der Waals surface area contributed by atoms with Crippen molar-refractivity contribution in [3.8, 4) is 5.75 Å². The number of halogens is 2. The molecule has 2 aliphatic rings. The molecular formula is C29H21Br2N3O5S2. The highest BCUT2D eigenvalue weighted by Crippen LogP contribution is 2.54. The molecule has 3 aromatic carbocycles. The average molecular weight is 715 g/mol. The van der Waals surface area contributed by atoms with Crippen LogP contribution in [-0.2, 0) is 14.4 Å². The summed E-state index contributed by atoms with van der Waals surface area (Å²) in [5.74, 6) is -2.09. The number of hydrogen-bond acceptors (Lipinski definition) is 7. The number of fused-ring (bicyclic) bond motifs is 2. The van der Waals surface area contributed by atoms with E-state index in [-0.39, 0.29) is 29.2 Å². The second kappa shape index (κ2) is 11.2. The molecule has 208 valence electrons. The van der Waals surface area contributed by atoms with Crippen LogP contribution in [0, 0.1) is 12.8 Å². The van der Waals surface area contributed by atoms with Crippen LogP contribution in [0.15, 0.2) is 85.5 Å². The fourth-order valence-electron chi connectivity index (χ4n) is 5.15. The van der Waals surface area contributed by atoms with Crippen LogP contribution in [0.4, 0.5) is 11.4 Å².